The molecule has 5 rings (SSSR count). The van der Waals surface area contributed by atoms with Gasteiger partial charge in [0.1, 0.15) is 0 Å². The van der Waals surface area contributed by atoms with Crippen LogP contribution in [0.2, 0.25) is 5.02 Å². The highest BCUT2D eigenvalue weighted by atomic mass is 79.9. The lowest BCUT2D eigenvalue weighted by Gasteiger charge is -2.26. The minimum atomic E-state index is 0.710. The van der Waals surface area contributed by atoms with Crippen LogP contribution in [0.4, 0.5) is 0 Å². The topological polar surface area (TPSA) is 30.2 Å². The minimum absolute atomic E-state index is 0.710. The van der Waals surface area contributed by atoms with Crippen LogP contribution in [0.3, 0.4) is 0 Å². The highest BCUT2D eigenvalue weighted by molar-refractivity contribution is 9.10. The van der Waals surface area contributed by atoms with Crippen LogP contribution < -0.4 is 0 Å². The molecule has 0 saturated heterocycles. The van der Waals surface area contributed by atoms with E-state index in [2.05, 4.69) is 51.6 Å². The highest BCUT2D eigenvalue weighted by Gasteiger charge is 2.26. The van der Waals surface area contributed by atoms with E-state index in [0.29, 0.717) is 5.92 Å². The summed E-state index contributed by atoms with van der Waals surface area (Å²) in [6.07, 6.45) is 6.45. The fourth-order valence-electron chi connectivity index (χ4n) is 4.32. The molecule has 1 atom stereocenters. The zero-order valence-electron chi connectivity index (χ0n) is 16.2. The molecule has 3 nitrogen and oxygen atoms in total. The number of fused-ring (bicyclic) bond motifs is 3. The van der Waals surface area contributed by atoms with Gasteiger partial charge >= 0.3 is 0 Å². The van der Waals surface area contributed by atoms with Gasteiger partial charge in [0.25, 0.3) is 0 Å². The molecule has 0 fully saturated rings. The smallest absolute Gasteiger partial charge is 0.163 e. The third-order valence-corrected chi connectivity index (χ3v) is 6.76. The fraction of sp³-hybridized carbons (Fsp3) is 0.250. The van der Waals surface area contributed by atoms with E-state index in [1.54, 1.807) is 0 Å². The van der Waals surface area contributed by atoms with Crippen LogP contribution in [0.5, 0.6) is 0 Å². The van der Waals surface area contributed by atoms with Gasteiger partial charge in [-0.2, -0.15) is 5.10 Å². The van der Waals surface area contributed by atoms with E-state index >= 15 is 0 Å². The maximum absolute atomic E-state index is 6.09. The molecule has 0 N–H and O–H groups in total. The lowest BCUT2D eigenvalue weighted by atomic mass is 9.83. The van der Waals surface area contributed by atoms with Crippen molar-refractivity contribution in [2.75, 3.05) is 0 Å². The number of nitrogens with zero attached hydrogens (tertiary/aromatic N) is 3. The molecular formula is C24H21BrClN3. The first-order chi connectivity index (χ1) is 14.1. The van der Waals surface area contributed by atoms with Crippen LogP contribution in [0.25, 0.3) is 28.0 Å². The van der Waals surface area contributed by atoms with Crippen molar-refractivity contribution in [2.45, 2.75) is 32.6 Å². The minimum Gasteiger partial charge on any atom is -0.228 e. The van der Waals surface area contributed by atoms with Crippen LogP contribution in [0.1, 0.15) is 31.0 Å². The average molecular weight is 467 g/mol. The van der Waals surface area contributed by atoms with Gasteiger partial charge in [-0.05, 0) is 55.0 Å². The Kier molecular flexibility index (Phi) is 4.92. The molecule has 0 spiro atoms. The van der Waals surface area contributed by atoms with Gasteiger partial charge in [-0.25, -0.2) is 9.50 Å². The Balaban J connectivity index is 1.76. The summed E-state index contributed by atoms with van der Waals surface area (Å²) in [5.74, 6) is 0.710. The van der Waals surface area contributed by atoms with Crippen molar-refractivity contribution in [3.8, 4) is 22.4 Å². The lowest BCUT2D eigenvalue weighted by Crippen LogP contribution is -2.19. The summed E-state index contributed by atoms with van der Waals surface area (Å²) in [5, 5.41) is 5.48. The van der Waals surface area contributed by atoms with Gasteiger partial charge in [0.05, 0.1) is 11.9 Å². The zero-order chi connectivity index (χ0) is 20.0. The SMILES string of the molecule is CC[C@H]1CCc2c(c(-c3ccc(Br)cc3)nc3c(-c4ccc(Cl)cc4)cnn23)C1. The summed E-state index contributed by atoms with van der Waals surface area (Å²) in [7, 11) is 0. The summed E-state index contributed by atoms with van der Waals surface area (Å²) >= 11 is 9.64. The quantitative estimate of drug-likeness (QED) is 0.325. The summed E-state index contributed by atoms with van der Waals surface area (Å²) in [6.45, 7) is 2.29. The number of rotatable bonds is 3. The van der Waals surface area contributed by atoms with Crippen LogP contribution in [0.15, 0.2) is 59.2 Å². The Labute approximate surface area is 183 Å². The van der Waals surface area contributed by atoms with Crippen molar-refractivity contribution in [3.63, 3.8) is 0 Å². The molecular weight excluding hydrogens is 446 g/mol. The first kappa shape index (κ1) is 18.8. The van der Waals surface area contributed by atoms with Crippen LogP contribution >= 0.6 is 27.5 Å². The Morgan fingerprint density at radius 2 is 1.79 bits per heavy atom. The van der Waals surface area contributed by atoms with Gasteiger partial charge in [0, 0.05) is 31.9 Å². The largest absolute Gasteiger partial charge is 0.228 e. The van der Waals surface area contributed by atoms with Crippen LogP contribution in [0, 0.1) is 5.92 Å². The Morgan fingerprint density at radius 3 is 2.52 bits per heavy atom. The average Bonchev–Trinajstić information content (AvgIpc) is 3.18. The number of benzene rings is 2. The molecule has 146 valence electrons. The molecule has 29 heavy (non-hydrogen) atoms. The predicted molar refractivity (Wildman–Crippen MR) is 122 cm³/mol. The molecule has 1 aliphatic carbocycles. The zero-order valence-corrected chi connectivity index (χ0v) is 18.5. The molecule has 5 heteroatoms. The molecule has 2 heterocycles. The van der Waals surface area contributed by atoms with E-state index in [0.717, 1.165) is 50.4 Å². The summed E-state index contributed by atoms with van der Waals surface area (Å²) in [4.78, 5) is 5.17. The summed E-state index contributed by atoms with van der Waals surface area (Å²) < 4.78 is 3.14. The van der Waals surface area contributed by atoms with Crippen molar-refractivity contribution < 1.29 is 0 Å². The Bertz CT molecular complexity index is 1180. The van der Waals surface area contributed by atoms with Gasteiger partial charge in [-0.1, -0.05) is 65.1 Å². The molecule has 2 aromatic carbocycles. The van der Waals surface area contributed by atoms with Gasteiger partial charge < -0.3 is 0 Å². The van der Waals surface area contributed by atoms with Crippen molar-refractivity contribution in [1.29, 1.82) is 0 Å². The summed E-state index contributed by atoms with van der Waals surface area (Å²) in [6, 6.07) is 16.4. The van der Waals surface area contributed by atoms with Crippen LogP contribution in [-0.2, 0) is 12.8 Å². The Hall–Kier alpha value is -2.17. The number of hydrogen-bond acceptors (Lipinski definition) is 2. The van der Waals surface area contributed by atoms with Crippen LogP contribution in [-0.4, -0.2) is 14.6 Å². The molecule has 2 aromatic heterocycles. The third-order valence-electron chi connectivity index (χ3n) is 5.98. The molecule has 0 aliphatic heterocycles. The van der Waals surface area contributed by atoms with E-state index in [1.807, 2.05) is 30.5 Å². The standard InChI is InChI=1S/C24H21BrClN3/c1-2-15-3-12-22-20(13-15)23(17-4-8-18(25)9-5-17)28-24-21(14-27-29(22)24)16-6-10-19(26)11-7-16/h4-11,14-15H,2-3,12-13H2,1H3/t15-/m0/s1. The van der Waals surface area contributed by atoms with Crippen molar-refractivity contribution in [1.82, 2.24) is 14.6 Å². The van der Waals surface area contributed by atoms with Crippen molar-refractivity contribution in [3.05, 3.63) is 75.5 Å². The van der Waals surface area contributed by atoms with E-state index in [4.69, 9.17) is 21.7 Å². The second-order valence-electron chi connectivity index (χ2n) is 7.71. The monoisotopic (exact) mass is 465 g/mol. The summed E-state index contributed by atoms with van der Waals surface area (Å²) in [5.41, 5.74) is 7.95. The van der Waals surface area contributed by atoms with Crippen molar-refractivity contribution >= 4 is 33.2 Å². The molecule has 0 amide bonds. The van der Waals surface area contributed by atoms with E-state index in [1.165, 1.54) is 24.1 Å². The lowest BCUT2D eigenvalue weighted by molar-refractivity contribution is 0.435. The third kappa shape index (κ3) is 3.38. The van der Waals surface area contributed by atoms with Gasteiger partial charge in [0.15, 0.2) is 5.65 Å². The van der Waals surface area contributed by atoms with E-state index in [9.17, 15) is 0 Å². The van der Waals surface area contributed by atoms with Crippen molar-refractivity contribution in [2.24, 2.45) is 5.92 Å². The first-order valence-electron chi connectivity index (χ1n) is 10.1. The normalized spacial score (nSPS) is 16.2. The number of aromatic nitrogens is 3. The fourth-order valence-corrected chi connectivity index (χ4v) is 4.71. The maximum Gasteiger partial charge on any atom is 0.163 e. The molecule has 0 bridgehead atoms. The van der Waals surface area contributed by atoms with Gasteiger partial charge in [-0.15, -0.1) is 0 Å². The predicted octanol–water partition coefficient (Wildman–Crippen LogP) is 6.99. The van der Waals surface area contributed by atoms with Gasteiger partial charge in [-0.3, -0.25) is 0 Å². The highest BCUT2D eigenvalue weighted by Crippen LogP contribution is 2.36. The molecule has 0 radical (unpaired) electrons. The number of hydrogen-bond donors (Lipinski definition) is 0. The molecule has 4 aromatic rings. The second-order valence-corrected chi connectivity index (χ2v) is 9.06. The van der Waals surface area contributed by atoms with E-state index in [-0.39, 0.29) is 0 Å². The number of halogens is 2. The first-order valence-corrected chi connectivity index (χ1v) is 11.2. The maximum atomic E-state index is 6.09. The molecule has 0 saturated carbocycles. The van der Waals surface area contributed by atoms with E-state index < -0.39 is 0 Å². The molecule has 0 unspecified atom stereocenters. The second kappa shape index (κ2) is 7.58. The Morgan fingerprint density at radius 1 is 1.07 bits per heavy atom. The van der Waals surface area contributed by atoms with Gasteiger partial charge in [0.2, 0.25) is 0 Å². The molecule has 1 aliphatic rings. The number of aryl methyl sites for hydroxylation is 1.